The number of aromatic nitrogens is 6. The van der Waals surface area contributed by atoms with E-state index in [0.29, 0.717) is 0 Å². The number of pyridine rings is 2. The zero-order chi connectivity index (χ0) is 31.7. The molecule has 0 aliphatic carbocycles. The molecule has 0 spiro atoms. The van der Waals surface area contributed by atoms with E-state index in [0.717, 1.165) is 55.6 Å². The van der Waals surface area contributed by atoms with Crippen molar-refractivity contribution < 1.29 is 0 Å². The monoisotopic (exact) mass is 564 g/mol. The Morgan fingerprint density at radius 3 is 0.976 bits per heavy atom. The van der Waals surface area contributed by atoms with Crippen LogP contribution in [0.25, 0.3) is 33.1 Å². The van der Waals surface area contributed by atoms with Crippen molar-refractivity contribution >= 4 is 33.1 Å². The highest BCUT2D eigenvalue weighted by Crippen LogP contribution is 2.12. The van der Waals surface area contributed by atoms with Crippen LogP contribution in [0.5, 0.6) is 0 Å². The summed E-state index contributed by atoms with van der Waals surface area (Å²) in [4.78, 5) is 25.8. The van der Waals surface area contributed by atoms with Crippen molar-refractivity contribution in [1.29, 1.82) is 0 Å². The van der Waals surface area contributed by atoms with Gasteiger partial charge in [-0.15, -0.1) is 0 Å². The summed E-state index contributed by atoms with van der Waals surface area (Å²) in [7, 11) is 0. The molecular weight excluding hydrogens is 516 g/mol. The van der Waals surface area contributed by atoms with E-state index in [-0.39, 0.29) is 0 Å². The van der Waals surface area contributed by atoms with E-state index in [1.807, 2.05) is 118 Å². The fourth-order valence-corrected chi connectivity index (χ4v) is 3.63. The summed E-state index contributed by atoms with van der Waals surface area (Å²) in [6.45, 7) is 24.1. The maximum absolute atomic E-state index is 4.35. The molecule has 0 amide bonds. The van der Waals surface area contributed by atoms with Crippen molar-refractivity contribution in [1.82, 2.24) is 29.9 Å². The third kappa shape index (κ3) is 11.3. The highest BCUT2D eigenvalue weighted by molar-refractivity contribution is 5.76. The average molecular weight is 565 g/mol. The Bertz CT molecular complexity index is 1340. The Morgan fingerprint density at radius 2 is 0.619 bits per heavy atom. The lowest BCUT2D eigenvalue weighted by Gasteiger charge is -1.98. The SMILES string of the molecule is CC.CC.CC.Cc1ccc2nc(C)cnc2c1.Cc1ccc2nc(C)cnc2c1.Cc1cnc2cc(C)cnc2c1. The van der Waals surface area contributed by atoms with Crippen LogP contribution in [0.4, 0.5) is 0 Å². The zero-order valence-electron chi connectivity index (χ0n) is 27.6. The Balaban J connectivity index is 0.000000289. The van der Waals surface area contributed by atoms with Crippen molar-refractivity contribution in [3.05, 3.63) is 107 Å². The molecule has 42 heavy (non-hydrogen) atoms. The lowest BCUT2D eigenvalue weighted by Crippen LogP contribution is -1.86. The van der Waals surface area contributed by atoms with Gasteiger partial charge in [0.05, 0.1) is 44.5 Å². The molecule has 0 bridgehead atoms. The maximum Gasteiger partial charge on any atom is 0.0890 e. The number of hydrogen-bond donors (Lipinski definition) is 0. The molecule has 0 saturated heterocycles. The second-order valence-corrected chi connectivity index (χ2v) is 9.07. The minimum Gasteiger partial charge on any atom is -0.254 e. The third-order valence-electron chi connectivity index (χ3n) is 5.44. The summed E-state index contributed by atoms with van der Waals surface area (Å²) in [5, 5.41) is 0. The summed E-state index contributed by atoms with van der Waals surface area (Å²) >= 11 is 0. The largest absolute Gasteiger partial charge is 0.254 e. The summed E-state index contributed by atoms with van der Waals surface area (Å²) in [5.41, 5.74) is 12.5. The number of nitrogens with zero attached hydrogens (tertiary/aromatic N) is 6. The van der Waals surface area contributed by atoms with E-state index in [4.69, 9.17) is 0 Å². The predicted molar refractivity (Wildman–Crippen MR) is 181 cm³/mol. The van der Waals surface area contributed by atoms with Crippen molar-refractivity contribution in [3.63, 3.8) is 0 Å². The number of benzene rings is 2. The average Bonchev–Trinajstić information content (AvgIpc) is 3.01. The van der Waals surface area contributed by atoms with Crippen LogP contribution in [-0.2, 0) is 0 Å². The molecule has 6 rings (SSSR count). The van der Waals surface area contributed by atoms with Crippen LogP contribution in [0, 0.1) is 41.5 Å². The van der Waals surface area contributed by atoms with E-state index in [2.05, 4.69) is 55.9 Å². The van der Waals surface area contributed by atoms with Gasteiger partial charge in [-0.25, -0.2) is 9.97 Å². The summed E-state index contributed by atoms with van der Waals surface area (Å²) in [5.74, 6) is 0. The van der Waals surface area contributed by atoms with E-state index < -0.39 is 0 Å². The molecule has 0 radical (unpaired) electrons. The molecule has 6 aromatic rings. The van der Waals surface area contributed by atoms with Gasteiger partial charge in [0.1, 0.15) is 0 Å². The third-order valence-corrected chi connectivity index (χ3v) is 5.44. The van der Waals surface area contributed by atoms with E-state index >= 15 is 0 Å². The summed E-state index contributed by atoms with van der Waals surface area (Å²) in [6, 6.07) is 16.3. The van der Waals surface area contributed by atoms with Crippen molar-refractivity contribution in [3.8, 4) is 0 Å². The highest BCUT2D eigenvalue weighted by Gasteiger charge is 1.97. The lowest BCUT2D eigenvalue weighted by atomic mass is 10.2. The van der Waals surface area contributed by atoms with Gasteiger partial charge in [-0.1, -0.05) is 53.7 Å². The van der Waals surface area contributed by atoms with Gasteiger partial charge < -0.3 is 0 Å². The second-order valence-electron chi connectivity index (χ2n) is 9.07. The van der Waals surface area contributed by atoms with Gasteiger partial charge in [-0.3, -0.25) is 19.9 Å². The minimum atomic E-state index is 0.964. The van der Waals surface area contributed by atoms with Crippen molar-refractivity contribution in [2.45, 2.75) is 83.1 Å². The first-order valence-corrected chi connectivity index (χ1v) is 14.9. The molecule has 2 aromatic carbocycles. The lowest BCUT2D eigenvalue weighted by molar-refractivity contribution is 1.18. The first kappa shape index (κ1) is 35.7. The number of hydrogen-bond acceptors (Lipinski definition) is 6. The van der Waals surface area contributed by atoms with E-state index in [9.17, 15) is 0 Å². The molecule has 0 aliphatic heterocycles. The molecule has 0 aliphatic rings. The minimum absolute atomic E-state index is 0.964. The van der Waals surface area contributed by atoms with Crippen LogP contribution in [0.15, 0.2) is 73.3 Å². The van der Waals surface area contributed by atoms with Gasteiger partial charge in [-0.05, 0) is 100 Å². The molecule has 0 atom stereocenters. The van der Waals surface area contributed by atoms with Gasteiger partial charge in [-0.2, -0.15) is 0 Å². The van der Waals surface area contributed by atoms with E-state index in [1.54, 1.807) is 12.4 Å². The molecular formula is C36H48N6. The molecule has 0 N–H and O–H groups in total. The second kappa shape index (κ2) is 18.9. The quantitative estimate of drug-likeness (QED) is 0.183. The standard InChI is InChI=1S/3C10H10N2.3C2H6/c1-7-3-9-10(11-5-7)4-8(2)6-12-9;2*1-7-3-4-9-10(5-7)11-6-8(2)12-9;3*1-2/h3*3-6H,1-2H3;3*1-2H3. The van der Waals surface area contributed by atoms with Crippen LogP contribution in [-0.4, -0.2) is 29.9 Å². The fourth-order valence-electron chi connectivity index (χ4n) is 3.63. The van der Waals surface area contributed by atoms with Crippen LogP contribution in [0.1, 0.15) is 75.2 Å². The predicted octanol–water partition coefficient (Wildman–Crippen LogP) is 9.82. The normalized spacial score (nSPS) is 9.43. The molecule has 0 fully saturated rings. The summed E-state index contributed by atoms with van der Waals surface area (Å²) < 4.78 is 0. The van der Waals surface area contributed by atoms with Gasteiger partial charge >= 0.3 is 0 Å². The number of fused-ring (bicyclic) bond motifs is 3. The van der Waals surface area contributed by atoms with Gasteiger partial charge in [0.2, 0.25) is 0 Å². The van der Waals surface area contributed by atoms with Crippen LogP contribution < -0.4 is 0 Å². The highest BCUT2D eigenvalue weighted by atomic mass is 14.8. The van der Waals surface area contributed by atoms with Crippen molar-refractivity contribution in [2.75, 3.05) is 0 Å². The molecule has 6 heteroatoms. The zero-order valence-corrected chi connectivity index (χ0v) is 27.6. The Labute approximate surface area is 252 Å². The smallest absolute Gasteiger partial charge is 0.0890 e. The summed E-state index contributed by atoms with van der Waals surface area (Å²) in [6.07, 6.45) is 7.32. The van der Waals surface area contributed by atoms with Crippen LogP contribution in [0.3, 0.4) is 0 Å². The number of rotatable bonds is 0. The topological polar surface area (TPSA) is 77.3 Å². The first-order chi connectivity index (χ1) is 20.3. The molecule has 222 valence electrons. The Hall–Kier alpha value is -4.32. The van der Waals surface area contributed by atoms with Gasteiger partial charge in [0.15, 0.2) is 0 Å². The maximum atomic E-state index is 4.35. The Morgan fingerprint density at radius 1 is 0.333 bits per heavy atom. The molecule has 6 nitrogen and oxygen atoms in total. The van der Waals surface area contributed by atoms with Crippen LogP contribution >= 0.6 is 0 Å². The fraction of sp³-hybridized carbons (Fsp3) is 0.333. The number of aryl methyl sites for hydroxylation is 6. The van der Waals surface area contributed by atoms with Crippen molar-refractivity contribution in [2.24, 2.45) is 0 Å². The van der Waals surface area contributed by atoms with Gasteiger partial charge in [0, 0.05) is 24.8 Å². The molecule has 0 unspecified atom stereocenters. The first-order valence-electron chi connectivity index (χ1n) is 14.9. The molecule has 4 aromatic heterocycles. The molecule has 0 saturated carbocycles. The van der Waals surface area contributed by atoms with Crippen LogP contribution in [0.2, 0.25) is 0 Å². The van der Waals surface area contributed by atoms with Gasteiger partial charge in [0.25, 0.3) is 0 Å². The van der Waals surface area contributed by atoms with E-state index in [1.165, 1.54) is 11.1 Å². The molecule has 4 heterocycles. The Kier molecular flexibility index (Phi) is 16.1.